The van der Waals surface area contributed by atoms with Crippen LogP contribution in [0.25, 0.3) is 10.9 Å². The molecule has 0 saturated carbocycles. The van der Waals surface area contributed by atoms with Crippen molar-refractivity contribution in [1.82, 2.24) is 15.5 Å². The van der Waals surface area contributed by atoms with E-state index in [2.05, 4.69) is 27.8 Å². The van der Waals surface area contributed by atoms with Gasteiger partial charge in [-0.05, 0) is 36.8 Å². The Morgan fingerprint density at radius 1 is 1.17 bits per heavy atom. The lowest BCUT2D eigenvalue weighted by molar-refractivity contribution is -0.136. The third kappa shape index (κ3) is 3.57. The highest BCUT2D eigenvalue weighted by atomic mass is 32.1. The second-order valence-electron chi connectivity index (χ2n) is 5.03. The summed E-state index contributed by atoms with van der Waals surface area (Å²) < 4.78 is 0. The first-order valence-electron chi connectivity index (χ1n) is 7.25. The van der Waals surface area contributed by atoms with Crippen molar-refractivity contribution >= 4 is 39.7 Å². The molecule has 0 saturated heterocycles. The summed E-state index contributed by atoms with van der Waals surface area (Å²) in [6.45, 7) is 2.44. The molecule has 3 rings (SSSR count). The third-order valence-corrected chi connectivity index (χ3v) is 4.62. The largest absolute Gasteiger partial charge is 0.343 e. The van der Waals surface area contributed by atoms with Crippen LogP contribution in [0.5, 0.6) is 0 Å². The zero-order valence-electron chi connectivity index (χ0n) is 12.6. The lowest BCUT2D eigenvalue weighted by atomic mass is 10.2. The van der Waals surface area contributed by atoms with E-state index in [1.165, 1.54) is 4.88 Å². The van der Waals surface area contributed by atoms with Crippen LogP contribution >= 0.6 is 11.3 Å². The number of nitrogens with zero attached hydrogens (tertiary/aromatic N) is 1. The quantitative estimate of drug-likeness (QED) is 0.643. The molecule has 2 aromatic heterocycles. The van der Waals surface area contributed by atoms with Gasteiger partial charge in [0.15, 0.2) is 0 Å². The van der Waals surface area contributed by atoms with E-state index in [9.17, 15) is 9.59 Å². The Bertz CT molecular complexity index is 853. The number of thiophene rings is 1. The van der Waals surface area contributed by atoms with E-state index in [4.69, 9.17) is 0 Å². The normalized spacial score (nSPS) is 10.7. The summed E-state index contributed by atoms with van der Waals surface area (Å²) in [5.41, 5.74) is 1.43. The van der Waals surface area contributed by atoms with Crippen LogP contribution in [0, 0.1) is 0 Å². The van der Waals surface area contributed by atoms with E-state index < -0.39 is 11.8 Å². The van der Waals surface area contributed by atoms with Gasteiger partial charge in [0.2, 0.25) is 0 Å². The van der Waals surface area contributed by atoms with Crippen LogP contribution in [0.3, 0.4) is 0 Å². The predicted octanol–water partition coefficient (Wildman–Crippen LogP) is 2.44. The average Bonchev–Trinajstić information content (AvgIpc) is 3.20. The van der Waals surface area contributed by atoms with Gasteiger partial charge in [0.1, 0.15) is 0 Å². The molecule has 0 fully saturated rings. The summed E-state index contributed by atoms with van der Waals surface area (Å²) in [5.74, 6) is -1.33. The van der Waals surface area contributed by atoms with Crippen molar-refractivity contribution < 1.29 is 9.59 Å². The molecule has 0 spiro atoms. The third-order valence-electron chi connectivity index (χ3n) is 3.39. The first-order valence-corrected chi connectivity index (χ1v) is 8.07. The smallest absolute Gasteiger partial charge is 0.313 e. The Morgan fingerprint density at radius 3 is 2.78 bits per heavy atom. The van der Waals surface area contributed by atoms with Gasteiger partial charge in [-0.1, -0.05) is 6.92 Å². The van der Waals surface area contributed by atoms with Crippen molar-refractivity contribution in [3.63, 3.8) is 0 Å². The Kier molecular flexibility index (Phi) is 4.38. The topological polar surface area (TPSA) is 86.9 Å². The maximum Gasteiger partial charge on any atom is 0.313 e. The van der Waals surface area contributed by atoms with Crippen LogP contribution in [0.4, 0.5) is 5.69 Å². The number of nitrogens with one attached hydrogen (secondary N) is 3. The molecule has 0 aliphatic rings. The number of carbonyl (C=O) groups is 2. The summed E-state index contributed by atoms with van der Waals surface area (Å²) in [7, 11) is 0. The highest BCUT2D eigenvalue weighted by molar-refractivity contribution is 7.11. The molecule has 1 aromatic carbocycles. The molecule has 0 bridgehead atoms. The summed E-state index contributed by atoms with van der Waals surface area (Å²) in [4.78, 5) is 26.1. The fourth-order valence-electron chi connectivity index (χ4n) is 2.16. The van der Waals surface area contributed by atoms with E-state index >= 15 is 0 Å². The molecule has 6 nitrogen and oxygen atoms in total. The number of aryl methyl sites for hydroxylation is 1. The van der Waals surface area contributed by atoms with Gasteiger partial charge in [-0.2, -0.15) is 5.10 Å². The highest BCUT2D eigenvalue weighted by Gasteiger charge is 2.14. The maximum atomic E-state index is 11.9. The van der Waals surface area contributed by atoms with E-state index in [-0.39, 0.29) is 0 Å². The van der Waals surface area contributed by atoms with Crippen molar-refractivity contribution in [3.05, 3.63) is 46.3 Å². The number of anilines is 1. The van der Waals surface area contributed by atoms with Crippen molar-refractivity contribution in [2.24, 2.45) is 0 Å². The summed E-state index contributed by atoms with van der Waals surface area (Å²) in [6, 6.07) is 9.28. The van der Waals surface area contributed by atoms with Crippen molar-refractivity contribution in [2.45, 2.75) is 19.9 Å². The molecule has 3 N–H and O–H groups in total. The van der Waals surface area contributed by atoms with Crippen LogP contribution in [0.15, 0.2) is 36.5 Å². The SMILES string of the molecule is CCc1ccc(CNC(=O)C(=O)Nc2ccc3[nH]ncc3c2)s1. The minimum atomic E-state index is -0.680. The number of amides is 2. The average molecular weight is 328 g/mol. The van der Waals surface area contributed by atoms with Crippen molar-refractivity contribution in [2.75, 3.05) is 5.32 Å². The molecule has 0 atom stereocenters. The molecule has 0 unspecified atom stereocenters. The minimum absolute atomic E-state index is 0.359. The lowest BCUT2D eigenvalue weighted by Gasteiger charge is -2.06. The zero-order chi connectivity index (χ0) is 16.2. The number of aromatic amines is 1. The fourth-order valence-corrected chi connectivity index (χ4v) is 3.06. The second kappa shape index (κ2) is 6.62. The highest BCUT2D eigenvalue weighted by Crippen LogP contribution is 2.17. The zero-order valence-corrected chi connectivity index (χ0v) is 13.4. The molecular weight excluding hydrogens is 312 g/mol. The molecule has 2 heterocycles. The van der Waals surface area contributed by atoms with Crippen molar-refractivity contribution in [3.8, 4) is 0 Å². The number of hydrogen-bond acceptors (Lipinski definition) is 4. The minimum Gasteiger partial charge on any atom is -0.343 e. The number of hydrogen-bond donors (Lipinski definition) is 3. The molecular formula is C16H16N4O2S. The van der Waals surface area contributed by atoms with E-state index in [1.807, 2.05) is 12.1 Å². The van der Waals surface area contributed by atoms with Crippen LogP contribution in [0.2, 0.25) is 0 Å². The van der Waals surface area contributed by atoms with Gasteiger partial charge in [-0.15, -0.1) is 11.3 Å². The fraction of sp³-hybridized carbons (Fsp3) is 0.188. The summed E-state index contributed by atoms with van der Waals surface area (Å²) in [6.07, 6.45) is 2.63. The Balaban J connectivity index is 1.57. The van der Waals surface area contributed by atoms with Gasteiger partial charge >= 0.3 is 11.8 Å². The first-order chi connectivity index (χ1) is 11.2. The van der Waals surface area contributed by atoms with Crippen LogP contribution < -0.4 is 10.6 Å². The van der Waals surface area contributed by atoms with Gasteiger partial charge < -0.3 is 10.6 Å². The number of fused-ring (bicyclic) bond motifs is 1. The van der Waals surface area contributed by atoms with Gasteiger partial charge in [0.05, 0.1) is 18.3 Å². The molecule has 0 aliphatic carbocycles. The van der Waals surface area contributed by atoms with Gasteiger partial charge in [0.25, 0.3) is 0 Å². The summed E-state index contributed by atoms with van der Waals surface area (Å²) >= 11 is 1.64. The van der Waals surface area contributed by atoms with Gasteiger partial charge in [-0.3, -0.25) is 14.7 Å². The molecule has 0 radical (unpaired) electrons. The molecule has 0 aliphatic heterocycles. The number of carbonyl (C=O) groups excluding carboxylic acids is 2. The lowest BCUT2D eigenvalue weighted by Crippen LogP contribution is -2.34. The van der Waals surface area contributed by atoms with Crippen LogP contribution in [-0.4, -0.2) is 22.0 Å². The number of aromatic nitrogens is 2. The van der Waals surface area contributed by atoms with E-state index in [0.717, 1.165) is 22.2 Å². The molecule has 2 amide bonds. The van der Waals surface area contributed by atoms with Gasteiger partial charge in [-0.25, -0.2) is 0 Å². The first kappa shape index (κ1) is 15.2. The van der Waals surface area contributed by atoms with Crippen LogP contribution in [0.1, 0.15) is 16.7 Å². The predicted molar refractivity (Wildman–Crippen MR) is 90.3 cm³/mol. The van der Waals surface area contributed by atoms with Crippen molar-refractivity contribution in [1.29, 1.82) is 0 Å². The number of H-pyrrole nitrogens is 1. The Hall–Kier alpha value is -2.67. The number of rotatable bonds is 4. The van der Waals surface area contributed by atoms with E-state index in [0.29, 0.717) is 12.2 Å². The maximum absolute atomic E-state index is 11.9. The van der Waals surface area contributed by atoms with Gasteiger partial charge in [0, 0.05) is 20.8 Å². The second-order valence-corrected chi connectivity index (χ2v) is 6.28. The number of benzene rings is 1. The van der Waals surface area contributed by atoms with E-state index in [1.54, 1.807) is 35.7 Å². The molecule has 118 valence electrons. The molecule has 23 heavy (non-hydrogen) atoms. The molecule has 3 aromatic rings. The molecule has 7 heteroatoms. The Labute approximate surface area is 136 Å². The Morgan fingerprint density at radius 2 is 2.00 bits per heavy atom. The monoisotopic (exact) mass is 328 g/mol. The van der Waals surface area contributed by atoms with Crippen LogP contribution in [-0.2, 0) is 22.6 Å². The summed E-state index contributed by atoms with van der Waals surface area (Å²) in [5, 5.41) is 12.8. The standard InChI is InChI=1S/C16H16N4O2S/c1-2-12-4-5-13(23-12)9-17-15(21)16(22)19-11-3-6-14-10(7-11)8-18-20-14/h3-8H,2,9H2,1H3,(H,17,21)(H,18,20)(H,19,22).